The Bertz CT molecular complexity index is 716. The number of rotatable bonds is 5. The van der Waals surface area contributed by atoms with Crippen molar-refractivity contribution in [2.45, 2.75) is 45.2 Å². The molecule has 29 heavy (non-hydrogen) atoms. The van der Waals surface area contributed by atoms with Crippen LogP contribution in [0.4, 0.5) is 10.1 Å². The zero-order valence-corrected chi connectivity index (χ0v) is 17.6. The van der Waals surface area contributed by atoms with Crippen LogP contribution in [0.5, 0.6) is 0 Å². The summed E-state index contributed by atoms with van der Waals surface area (Å²) in [5, 5.41) is 2.90. The molecule has 0 bridgehead atoms. The highest BCUT2D eigenvalue weighted by Crippen LogP contribution is 2.33. The lowest BCUT2D eigenvalue weighted by Crippen LogP contribution is -2.50. The molecule has 2 fully saturated rings. The number of anilines is 1. The normalized spacial score (nSPS) is 24.7. The molecule has 0 aliphatic carbocycles. The molecule has 0 spiro atoms. The van der Waals surface area contributed by atoms with Crippen LogP contribution >= 0.6 is 0 Å². The summed E-state index contributed by atoms with van der Waals surface area (Å²) in [5.41, 5.74) is 6.65. The minimum atomic E-state index is -0.430. The monoisotopic (exact) mass is 404 g/mol. The molecule has 2 aliphatic rings. The second kappa shape index (κ2) is 9.22. The van der Waals surface area contributed by atoms with E-state index in [4.69, 9.17) is 5.73 Å². The maximum atomic E-state index is 13.0. The number of piperidine rings is 1. The Morgan fingerprint density at radius 1 is 1.17 bits per heavy atom. The fourth-order valence-corrected chi connectivity index (χ4v) is 4.55. The van der Waals surface area contributed by atoms with Crippen LogP contribution in [0, 0.1) is 23.6 Å². The third kappa shape index (κ3) is 5.14. The molecule has 6 nitrogen and oxygen atoms in total. The summed E-state index contributed by atoms with van der Waals surface area (Å²) in [6.07, 6.45) is 2.70. The number of nitrogens with two attached hydrogens (primary N) is 1. The van der Waals surface area contributed by atoms with Crippen LogP contribution in [0.25, 0.3) is 0 Å². The van der Waals surface area contributed by atoms with Gasteiger partial charge in [-0.15, -0.1) is 0 Å². The highest BCUT2D eigenvalue weighted by Gasteiger charge is 2.40. The van der Waals surface area contributed by atoms with Crippen LogP contribution in [0.2, 0.25) is 0 Å². The number of benzene rings is 1. The quantitative estimate of drug-likeness (QED) is 0.789. The lowest BCUT2D eigenvalue weighted by molar-refractivity contribution is -0.135. The molecule has 2 aliphatic heterocycles. The van der Waals surface area contributed by atoms with Gasteiger partial charge >= 0.3 is 0 Å². The third-order valence-corrected chi connectivity index (χ3v) is 6.48. The summed E-state index contributed by atoms with van der Waals surface area (Å²) in [6.45, 7) is 6.14. The summed E-state index contributed by atoms with van der Waals surface area (Å²) in [4.78, 5) is 29.3. The van der Waals surface area contributed by atoms with Crippen molar-refractivity contribution in [2.75, 3.05) is 32.0 Å². The van der Waals surface area contributed by atoms with Gasteiger partial charge in [0, 0.05) is 31.4 Å². The molecule has 160 valence electrons. The molecule has 3 rings (SSSR count). The van der Waals surface area contributed by atoms with Gasteiger partial charge in [-0.1, -0.05) is 13.8 Å². The Labute approximate surface area is 172 Å². The Kier molecular flexibility index (Phi) is 6.90. The van der Waals surface area contributed by atoms with Gasteiger partial charge in [-0.3, -0.25) is 9.59 Å². The second-order valence-corrected chi connectivity index (χ2v) is 8.87. The van der Waals surface area contributed by atoms with E-state index in [1.54, 1.807) is 12.1 Å². The van der Waals surface area contributed by atoms with Gasteiger partial charge in [0.05, 0.1) is 12.0 Å². The Morgan fingerprint density at radius 2 is 1.79 bits per heavy atom. The number of halogens is 1. The second-order valence-electron chi connectivity index (χ2n) is 8.87. The van der Waals surface area contributed by atoms with E-state index in [1.807, 2.05) is 18.7 Å². The smallest absolute Gasteiger partial charge is 0.239 e. The van der Waals surface area contributed by atoms with Crippen LogP contribution in [0.3, 0.4) is 0 Å². The van der Waals surface area contributed by atoms with Crippen molar-refractivity contribution >= 4 is 17.5 Å². The molecule has 7 heteroatoms. The fraction of sp³-hybridized carbons (Fsp3) is 0.636. The number of nitrogens with zero attached hydrogens (tertiary/aromatic N) is 2. The van der Waals surface area contributed by atoms with E-state index in [2.05, 4.69) is 17.3 Å². The van der Waals surface area contributed by atoms with E-state index in [9.17, 15) is 14.0 Å². The highest BCUT2D eigenvalue weighted by molar-refractivity contribution is 5.92. The molecule has 1 aromatic carbocycles. The molecule has 0 saturated carbocycles. The Balaban J connectivity index is 1.52. The number of amides is 2. The topological polar surface area (TPSA) is 78.7 Å². The summed E-state index contributed by atoms with van der Waals surface area (Å²) >= 11 is 0. The van der Waals surface area contributed by atoms with Crippen LogP contribution in [-0.2, 0) is 9.59 Å². The molecule has 1 aromatic rings. The minimum absolute atomic E-state index is 0.0125. The predicted molar refractivity (Wildman–Crippen MR) is 112 cm³/mol. The van der Waals surface area contributed by atoms with Gasteiger partial charge in [-0.2, -0.15) is 0 Å². The fourth-order valence-electron chi connectivity index (χ4n) is 4.55. The molecule has 3 atom stereocenters. The molecule has 2 amide bonds. The molecule has 2 saturated heterocycles. The summed E-state index contributed by atoms with van der Waals surface area (Å²) in [5.74, 6) is 0.257. The Hall–Kier alpha value is -1.99. The molecule has 0 aromatic heterocycles. The third-order valence-electron chi connectivity index (χ3n) is 6.48. The zero-order valence-electron chi connectivity index (χ0n) is 17.6. The first-order valence-corrected chi connectivity index (χ1v) is 10.6. The standard InChI is InChI=1S/C22H33FN4O2/c1-14(2)20(24)22(29)27-10-8-15(9-11-27)19-12-16(13-26(19)3)21(28)25-18-6-4-17(23)5-7-18/h4-7,14-16,19-20H,8-13,24H2,1-3H3,(H,25,28)/t16-,19+,20+/m1/s1. The lowest BCUT2D eigenvalue weighted by Gasteiger charge is -2.38. The van der Waals surface area contributed by atoms with Crippen molar-refractivity contribution < 1.29 is 14.0 Å². The van der Waals surface area contributed by atoms with Crippen molar-refractivity contribution in [3.8, 4) is 0 Å². The number of carbonyl (C=O) groups is 2. The average Bonchev–Trinajstić information content (AvgIpc) is 3.10. The maximum Gasteiger partial charge on any atom is 0.239 e. The number of hydrogen-bond acceptors (Lipinski definition) is 4. The van der Waals surface area contributed by atoms with E-state index in [0.717, 1.165) is 38.9 Å². The van der Waals surface area contributed by atoms with Gasteiger partial charge in [0.1, 0.15) is 5.82 Å². The lowest BCUT2D eigenvalue weighted by atomic mass is 9.86. The van der Waals surface area contributed by atoms with Gasteiger partial charge in [0.25, 0.3) is 0 Å². The van der Waals surface area contributed by atoms with Gasteiger partial charge in [-0.05, 0) is 62.4 Å². The minimum Gasteiger partial charge on any atom is -0.341 e. The molecule has 2 heterocycles. The summed E-state index contributed by atoms with van der Waals surface area (Å²) in [7, 11) is 2.07. The van der Waals surface area contributed by atoms with Crippen LogP contribution in [-0.4, -0.2) is 60.4 Å². The molecule has 0 radical (unpaired) electrons. The van der Waals surface area contributed by atoms with Crippen molar-refractivity contribution in [3.63, 3.8) is 0 Å². The number of nitrogens with one attached hydrogen (secondary N) is 1. The zero-order chi connectivity index (χ0) is 21.1. The first kappa shape index (κ1) is 21.7. The van der Waals surface area contributed by atoms with E-state index in [0.29, 0.717) is 17.6 Å². The average molecular weight is 405 g/mol. The van der Waals surface area contributed by atoms with E-state index in [-0.39, 0.29) is 29.5 Å². The largest absolute Gasteiger partial charge is 0.341 e. The number of carbonyl (C=O) groups excluding carboxylic acids is 2. The SMILES string of the molecule is CC(C)[C@H](N)C(=O)N1CCC([C@@H]2C[C@@H](C(=O)Nc3ccc(F)cc3)CN2C)CC1. The number of hydrogen-bond donors (Lipinski definition) is 2. The predicted octanol–water partition coefficient (Wildman–Crippen LogP) is 2.31. The maximum absolute atomic E-state index is 13.0. The molecule has 3 N–H and O–H groups in total. The van der Waals surface area contributed by atoms with Crippen molar-refractivity contribution in [2.24, 2.45) is 23.5 Å². The summed E-state index contributed by atoms with van der Waals surface area (Å²) < 4.78 is 13.0. The van der Waals surface area contributed by atoms with Crippen LogP contribution in [0.1, 0.15) is 33.1 Å². The van der Waals surface area contributed by atoms with Gasteiger partial charge in [0.2, 0.25) is 11.8 Å². The summed E-state index contributed by atoms with van der Waals surface area (Å²) in [6, 6.07) is 5.77. The van der Waals surface area contributed by atoms with E-state index < -0.39 is 6.04 Å². The molecule has 0 unspecified atom stereocenters. The van der Waals surface area contributed by atoms with E-state index in [1.165, 1.54) is 12.1 Å². The van der Waals surface area contributed by atoms with Crippen LogP contribution in [0.15, 0.2) is 24.3 Å². The van der Waals surface area contributed by atoms with Gasteiger partial charge in [0.15, 0.2) is 0 Å². The van der Waals surface area contributed by atoms with Crippen LogP contribution < -0.4 is 11.1 Å². The first-order valence-electron chi connectivity index (χ1n) is 10.6. The van der Waals surface area contributed by atoms with Gasteiger partial charge in [-0.25, -0.2) is 4.39 Å². The van der Waals surface area contributed by atoms with E-state index >= 15 is 0 Å². The van der Waals surface area contributed by atoms with Gasteiger partial charge < -0.3 is 20.9 Å². The first-order chi connectivity index (χ1) is 13.8. The van der Waals surface area contributed by atoms with Crippen molar-refractivity contribution in [3.05, 3.63) is 30.1 Å². The highest BCUT2D eigenvalue weighted by atomic mass is 19.1. The van der Waals surface area contributed by atoms with Crippen molar-refractivity contribution in [1.29, 1.82) is 0 Å². The molecular formula is C22H33FN4O2. The number of likely N-dealkylation sites (tertiary alicyclic amines) is 2. The Morgan fingerprint density at radius 3 is 2.38 bits per heavy atom. The van der Waals surface area contributed by atoms with Crippen molar-refractivity contribution in [1.82, 2.24) is 9.80 Å². The molecular weight excluding hydrogens is 371 g/mol.